The van der Waals surface area contributed by atoms with Crippen LogP contribution in [0.3, 0.4) is 0 Å². The number of nitrogens with zero attached hydrogens (tertiary/aromatic N) is 2. The van der Waals surface area contributed by atoms with E-state index in [1.807, 2.05) is 12.1 Å². The SMILES string of the molecule is COc1ccc(C(=O)NCCCN2CCN(C)C[C@H]2c2ccccc2)cc1. The molecule has 1 saturated heterocycles. The van der Waals surface area contributed by atoms with Gasteiger partial charge in [-0.1, -0.05) is 30.3 Å². The van der Waals surface area contributed by atoms with Crippen molar-refractivity contribution in [3.8, 4) is 5.75 Å². The van der Waals surface area contributed by atoms with Crippen molar-refractivity contribution in [1.29, 1.82) is 0 Å². The molecule has 0 spiro atoms. The Labute approximate surface area is 161 Å². The molecule has 1 fully saturated rings. The van der Waals surface area contributed by atoms with Gasteiger partial charge in [-0.05, 0) is 43.3 Å². The fraction of sp³-hybridized carbons (Fsp3) is 0.409. The molecule has 27 heavy (non-hydrogen) atoms. The summed E-state index contributed by atoms with van der Waals surface area (Å²) in [4.78, 5) is 17.2. The van der Waals surface area contributed by atoms with Crippen molar-refractivity contribution in [3.63, 3.8) is 0 Å². The number of likely N-dealkylation sites (N-methyl/N-ethyl adjacent to an activating group) is 1. The highest BCUT2D eigenvalue weighted by Gasteiger charge is 2.25. The Morgan fingerprint density at radius 1 is 1.11 bits per heavy atom. The lowest BCUT2D eigenvalue weighted by Crippen LogP contribution is -2.47. The van der Waals surface area contributed by atoms with E-state index in [0.29, 0.717) is 18.2 Å². The van der Waals surface area contributed by atoms with Crippen LogP contribution in [0, 0.1) is 0 Å². The van der Waals surface area contributed by atoms with E-state index < -0.39 is 0 Å². The van der Waals surface area contributed by atoms with Crippen LogP contribution in [0.2, 0.25) is 0 Å². The second-order valence-corrected chi connectivity index (χ2v) is 7.06. The van der Waals surface area contributed by atoms with E-state index in [2.05, 4.69) is 52.5 Å². The van der Waals surface area contributed by atoms with Crippen molar-refractivity contribution < 1.29 is 9.53 Å². The monoisotopic (exact) mass is 367 g/mol. The van der Waals surface area contributed by atoms with Gasteiger partial charge in [0.15, 0.2) is 0 Å². The van der Waals surface area contributed by atoms with Gasteiger partial charge in [0.1, 0.15) is 5.75 Å². The first-order chi connectivity index (χ1) is 13.2. The number of methoxy groups -OCH3 is 1. The molecule has 1 heterocycles. The Bertz CT molecular complexity index is 718. The molecule has 1 atom stereocenters. The molecule has 2 aromatic carbocycles. The number of nitrogens with one attached hydrogen (secondary N) is 1. The first-order valence-electron chi connectivity index (χ1n) is 9.57. The maximum atomic E-state index is 12.3. The van der Waals surface area contributed by atoms with E-state index in [1.165, 1.54) is 5.56 Å². The Balaban J connectivity index is 1.48. The summed E-state index contributed by atoms with van der Waals surface area (Å²) in [6, 6.07) is 18.3. The molecular formula is C22H29N3O2. The summed E-state index contributed by atoms with van der Waals surface area (Å²) in [5.41, 5.74) is 2.03. The van der Waals surface area contributed by atoms with Crippen molar-refractivity contribution in [2.45, 2.75) is 12.5 Å². The minimum absolute atomic E-state index is 0.0318. The van der Waals surface area contributed by atoms with Crippen LogP contribution in [0.4, 0.5) is 0 Å². The van der Waals surface area contributed by atoms with E-state index >= 15 is 0 Å². The van der Waals surface area contributed by atoms with Gasteiger partial charge in [0.2, 0.25) is 0 Å². The molecule has 0 unspecified atom stereocenters. The van der Waals surface area contributed by atoms with Gasteiger partial charge in [-0.25, -0.2) is 0 Å². The standard InChI is InChI=1S/C22H29N3O2/c1-24-15-16-25(21(17-24)18-7-4-3-5-8-18)14-6-13-23-22(26)19-9-11-20(27-2)12-10-19/h3-5,7-12,21H,6,13-17H2,1-2H3,(H,23,26)/t21-/m0/s1. The molecule has 1 N–H and O–H groups in total. The molecule has 1 aliphatic heterocycles. The van der Waals surface area contributed by atoms with E-state index in [1.54, 1.807) is 19.2 Å². The van der Waals surface area contributed by atoms with Gasteiger partial charge in [-0.15, -0.1) is 0 Å². The molecule has 0 radical (unpaired) electrons. The second kappa shape index (κ2) is 9.53. The van der Waals surface area contributed by atoms with Crippen molar-refractivity contribution in [3.05, 3.63) is 65.7 Å². The van der Waals surface area contributed by atoms with Crippen LogP contribution >= 0.6 is 0 Å². The lowest BCUT2D eigenvalue weighted by molar-refractivity contribution is 0.0866. The third-order valence-electron chi connectivity index (χ3n) is 5.14. The van der Waals surface area contributed by atoms with Crippen LogP contribution in [-0.2, 0) is 0 Å². The van der Waals surface area contributed by atoms with Crippen molar-refractivity contribution in [2.75, 3.05) is 46.9 Å². The molecule has 0 saturated carbocycles. The van der Waals surface area contributed by atoms with Crippen LogP contribution in [0.25, 0.3) is 0 Å². The zero-order valence-corrected chi connectivity index (χ0v) is 16.2. The Kier molecular flexibility index (Phi) is 6.85. The van der Waals surface area contributed by atoms with Gasteiger partial charge in [0, 0.05) is 44.3 Å². The summed E-state index contributed by atoms with van der Waals surface area (Å²) in [5, 5.41) is 3.02. The van der Waals surface area contributed by atoms with Gasteiger partial charge in [0.05, 0.1) is 7.11 Å². The van der Waals surface area contributed by atoms with Crippen LogP contribution in [0.5, 0.6) is 5.75 Å². The van der Waals surface area contributed by atoms with Crippen molar-refractivity contribution >= 4 is 5.91 Å². The smallest absolute Gasteiger partial charge is 0.251 e. The quantitative estimate of drug-likeness (QED) is 0.765. The Morgan fingerprint density at radius 3 is 2.56 bits per heavy atom. The average Bonchev–Trinajstić information content (AvgIpc) is 2.72. The van der Waals surface area contributed by atoms with Gasteiger partial charge in [-0.2, -0.15) is 0 Å². The van der Waals surface area contributed by atoms with E-state index in [4.69, 9.17) is 4.74 Å². The molecule has 1 amide bonds. The number of carbonyl (C=O) groups is 1. The summed E-state index contributed by atoms with van der Waals surface area (Å²) in [5.74, 6) is 0.726. The molecule has 0 bridgehead atoms. The highest BCUT2D eigenvalue weighted by atomic mass is 16.5. The van der Waals surface area contributed by atoms with Gasteiger partial charge in [0.25, 0.3) is 5.91 Å². The molecule has 0 aromatic heterocycles. The fourth-order valence-corrected chi connectivity index (χ4v) is 3.54. The third kappa shape index (κ3) is 5.31. The van der Waals surface area contributed by atoms with E-state index in [-0.39, 0.29) is 5.91 Å². The van der Waals surface area contributed by atoms with Crippen LogP contribution in [0.15, 0.2) is 54.6 Å². The minimum Gasteiger partial charge on any atom is -0.497 e. The predicted molar refractivity (Wildman–Crippen MR) is 108 cm³/mol. The van der Waals surface area contributed by atoms with E-state index in [9.17, 15) is 4.79 Å². The van der Waals surface area contributed by atoms with Gasteiger partial charge >= 0.3 is 0 Å². The summed E-state index contributed by atoms with van der Waals surface area (Å²) >= 11 is 0. The number of amides is 1. The van der Waals surface area contributed by atoms with Gasteiger partial charge < -0.3 is 15.0 Å². The van der Waals surface area contributed by atoms with Crippen LogP contribution < -0.4 is 10.1 Å². The summed E-state index contributed by atoms with van der Waals surface area (Å²) in [6.45, 7) is 4.85. The number of benzene rings is 2. The summed E-state index contributed by atoms with van der Waals surface area (Å²) in [6.07, 6.45) is 0.939. The molecular weight excluding hydrogens is 338 g/mol. The zero-order valence-electron chi connectivity index (χ0n) is 16.2. The van der Waals surface area contributed by atoms with Crippen LogP contribution in [-0.4, -0.2) is 62.6 Å². The number of piperazine rings is 1. The van der Waals surface area contributed by atoms with E-state index in [0.717, 1.165) is 38.3 Å². The number of rotatable bonds is 7. The Morgan fingerprint density at radius 2 is 1.85 bits per heavy atom. The molecule has 2 aromatic rings. The first kappa shape index (κ1) is 19.4. The fourth-order valence-electron chi connectivity index (χ4n) is 3.54. The maximum Gasteiger partial charge on any atom is 0.251 e. The number of carbonyl (C=O) groups excluding carboxylic acids is 1. The molecule has 5 heteroatoms. The summed E-state index contributed by atoms with van der Waals surface area (Å²) < 4.78 is 5.13. The maximum absolute atomic E-state index is 12.3. The molecule has 144 valence electrons. The number of ether oxygens (including phenoxy) is 1. The van der Waals surface area contributed by atoms with Crippen molar-refractivity contribution in [1.82, 2.24) is 15.1 Å². The largest absolute Gasteiger partial charge is 0.497 e. The van der Waals surface area contributed by atoms with Gasteiger partial charge in [-0.3, -0.25) is 9.69 Å². The molecule has 0 aliphatic carbocycles. The molecule has 3 rings (SSSR count). The number of hydrogen-bond acceptors (Lipinski definition) is 4. The third-order valence-corrected chi connectivity index (χ3v) is 5.14. The Hall–Kier alpha value is -2.37. The average molecular weight is 367 g/mol. The molecule has 5 nitrogen and oxygen atoms in total. The molecule has 1 aliphatic rings. The summed E-state index contributed by atoms with van der Waals surface area (Å²) in [7, 11) is 3.80. The highest BCUT2D eigenvalue weighted by molar-refractivity contribution is 5.94. The van der Waals surface area contributed by atoms with Crippen molar-refractivity contribution in [2.24, 2.45) is 0 Å². The zero-order chi connectivity index (χ0) is 19.1. The number of hydrogen-bond donors (Lipinski definition) is 1. The second-order valence-electron chi connectivity index (χ2n) is 7.06. The lowest BCUT2D eigenvalue weighted by Gasteiger charge is -2.40. The minimum atomic E-state index is -0.0318. The normalized spacial score (nSPS) is 18.2. The van der Waals surface area contributed by atoms with Crippen LogP contribution in [0.1, 0.15) is 28.4 Å². The topological polar surface area (TPSA) is 44.8 Å². The highest BCUT2D eigenvalue weighted by Crippen LogP contribution is 2.24. The first-order valence-corrected chi connectivity index (χ1v) is 9.57. The lowest BCUT2D eigenvalue weighted by atomic mass is 10.0. The predicted octanol–water partition coefficient (Wildman–Crippen LogP) is 2.80.